The number of nitrogens with zero attached hydrogens (tertiary/aromatic N) is 1. The van der Waals surface area contributed by atoms with Gasteiger partial charge in [0.25, 0.3) is 5.91 Å². The van der Waals surface area contributed by atoms with Crippen LogP contribution in [0.15, 0.2) is 30.3 Å². The van der Waals surface area contributed by atoms with Gasteiger partial charge in [-0.2, -0.15) is 13.2 Å². The lowest BCUT2D eigenvalue weighted by molar-refractivity contribution is -0.137. The number of ether oxygens (including phenoxy) is 1. The van der Waals surface area contributed by atoms with Crippen LogP contribution < -0.4 is 15.4 Å². The summed E-state index contributed by atoms with van der Waals surface area (Å²) in [7, 11) is 1.24. The lowest BCUT2D eigenvalue weighted by Crippen LogP contribution is -2.43. The van der Waals surface area contributed by atoms with Crippen molar-refractivity contribution in [1.82, 2.24) is 4.90 Å². The Bertz CT molecular complexity index is 1140. The van der Waals surface area contributed by atoms with Crippen LogP contribution in [0, 0.1) is 9.39 Å². The molecule has 13 heteroatoms. The van der Waals surface area contributed by atoms with E-state index in [2.05, 4.69) is 10.6 Å². The van der Waals surface area contributed by atoms with E-state index >= 15 is 0 Å². The summed E-state index contributed by atoms with van der Waals surface area (Å²) in [6.45, 7) is 0.0581. The molecule has 0 radical (unpaired) electrons. The molecule has 1 aliphatic rings. The SMILES string of the molecule is COc1ccc(NC(=O)c2cc(I)cc(C(F)(F)F)c2NC(=O)C2CCCN2C(=O)O)cc1F. The fourth-order valence-electron chi connectivity index (χ4n) is 3.56. The van der Waals surface area contributed by atoms with E-state index in [4.69, 9.17) is 4.74 Å². The Morgan fingerprint density at radius 2 is 1.88 bits per heavy atom. The standard InChI is InChI=1S/C21H18F4IN3O5/c1-34-16-5-4-11(9-14(16)22)27-18(30)12-7-10(26)8-13(21(23,24)25)17(12)28-19(31)15-3-2-6-29(15)20(32)33/h4-5,7-9,15H,2-3,6H2,1H3,(H,27,30)(H,28,31)(H,32,33). The van der Waals surface area contributed by atoms with Gasteiger partial charge in [-0.25, -0.2) is 9.18 Å². The lowest BCUT2D eigenvalue weighted by Gasteiger charge is -2.23. The number of carboxylic acid groups (broad SMARTS) is 1. The summed E-state index contributed by atoms with van der Waals surface area (Å²) in [5.74, 6) is -2.93. The van der Waals surface area contributed by atoms with Gasteiger partial charge in [-0.1, -0.05) is 0 Å². The van der Waals surface area contributed by atoms with Crippen LogP contribution in [0.2, 0.25) is 0 Å². The Labute approximate surface area is 204 Å². The second-order valence-corrected chi connectivity index (χ2v) is 8.55. The van der Waals surface area contributed by atoms with Gasteiger partial charge in [-0.15, -0.1) is 0 Å². The number of likely N-dealkylation sites (tertiary alicyclic amines) is 1. The van der Waals surface area contributed by atoms with Crippen molar-refractivity contribution in [2.45, 2.75) is 25.1 Å². The van der Waals surface area contributed by atoms with Crippen LogP contribution in [0.25, 0.3) is 0 Å². The molecule has 1 aliphatic heterocycles. The maximum atomic E-state index is 14.0. The first-order valence-electron chi connectivity index (χ1n) is 9.78. The molecule has 1 heterocycles. The number of nitrogens with one attached hydrogen (secondary N) is 2. The first-order valence-corrected chi connectivity index (χ1v) is 10.9. The number of carbonyl (C=O) groups is 3. The summed E-state index contributed by atoms with van der Waals surface area (Å²) in [5, 5.41) is 13.7. The molecule has 1 saturated heterocycles. The molecule has 0 aromatic heterocycles. The van der Waals surface area contributed by atoms with E-state index in [0.29, 0.717) is 6.42 Å². The van der Waals surface area contributed by atoms with E-state index in [1.807, 2.05) is 0 Å². The van der Waals surface area contributed by atoms with E-state index in [-0.39, 0.29) is 28.0 Å². The minimum Gasteiger partial charge on any atom is -0.494 e. The average Bonchev–Trinajstić information content (AvgIpc) is 3.24. The number of anilines is 2. The maximum Gasteiger partial charge on any atom is 0.418 e. The molecular weight excluding hydrogens is 577 g/mol. The van der Waals surface area contributed by atoms with Crippen molar-refractivity contribution in [3.63, 3.8) is 0 Å². The maximum absolute atomic E-state index is 14.0. The summed E-state index contributed by atoms with van der Waals surface area (Å²) in [4.78, 5) is 37.9. The molecule has 1 fully saturated rings. The zero-order valence-electron chi connectivity index (χ0n) is 17.5. The number of alkyl halides is 3. The van der Waals surface area contributed by atoms with Gasteiger partial charge in [0.2, 0.25) is 5.91 Å². The number of halogens is 5. The molecule has 0 bridgehead atoms. The van der Waals surface area contributed by atoms with Gasteiger partial charge in [0.15, 0.2) is 11.6 Å². The second kappa shape index (κ2) is 10.0. The molecule has 3 rings (SSSR count). The largest absolute Gasteiger partial charge is 0.494 e. The first-order chi connectivity index (χ1) is 15.9. The highest BCUT2D eigenvalue weighted by atomic mass is 127. The number of carbonyl (C=O) groups excluding carboxylic acids is 2. The Kier molecular flexibility index (Phi) is 7.53. The van der Waals surface area contributed by atoms with Crippen LogP contribution in [-0.4, -0.2) is 47.6 Å². The summed E-state index contributed by atoms with van der Waals surface area (Å²) < 4.78 is 60.3. The van der Waals surface area contributed by atoms with Crippen molar-refractivity contribution in [2.24, 2.45) is 0 Å². The molecule has 2 aromatic rings. The highest BCUT2D eigenvalue weighted by Crippen LogP contribution is 2.39. The topological polar surface area (TPSA) is 108 Å². The Morgan fingerprint density at radius 1 is 1.18 bits per heavy atom. The average molecular weight is 595 g/mol. The van der Waals surface area contributed by atoms with E-state index in [9.17, 15) is 37.1 Å². The van der Waals surface area contributed by atoms with Crippen LogP contribution in [0.3, 0.4) is 0 Å². The highest BCUT2D eigenvalue weighted by Gasteiger charge is 2.39. The predicted molar refractivity (Wildman–Crippen MR) is 121 cm³/mol. The van der Waals surface area contributed by atoms with Crippen molar-refractivity contribution < 1.29 is 41.8 Å². The van der Waals surface area contributed by atoms with E-state index < -0.39 is 52.8 Å². The zero-order valence-corrected chi connectivity index (χ0v) is 19.7. The Morgan fingerprint density at radius 3 is 2.47 bits per heavy atom. The van der Waals surface area contributed by atoms with Crippen molar-refractivity contribution in [2.75, 3.05) is 24.3 Å². The highest BCUT2D eigenvalue weighted by molar-refractivity contribution is 14.1. The van der Waals surface area contributed by atoms with Crippen molar-refractivity contribution in [1.29, 1.82) is 0 Å². The molecule has 2 aromatic carbocycles. The predicted octanol–water partition coefficient (Wildman–Crippen LogP) is 4.79. The minimum atomic E-state index is -4.94. The number of amides is 3. The summed E-state index contributed by atoms with van der Waals surface area (Å²) in [6, 6.07) is 4.12. The van der Waals surface area contributed by atoms with Gasteiger partial charge in [0.1, 0.15) is 6.04 Å². The molecule has 0 saturated carbocycles. The molecule has 3 amide bonds. The number of rotatable bonds is 5. The van der Waals surface area contributed by atoms with Gasteiger partial charge < -0.3 is 20.5 Å². The number of hydrogen-bond donors (Lipinski definition) is 3. The zero-order chi connectivity index (χ0) is 25.2. The summed E-state index contributed by atoms with van der Waals surface area (Å²) in [5.41, 5.74) is -2.68. The van der Waals surface area contributed by atoms with Gasteiger partial charge in [0.05, 0.1) is 23.9 Å². The molecule has 0 aliphatic carbocycles. The molecular formula is C21H18F4IN3O5. The fraction of sp³-hybridized carbons (Fsp3) is 0.286. The smallest absolute Gasteiger partial charge is 0.418 e. The molecule has 1 unspecified atom stereocenters. The summed E-state index contributed by atoms with van der Waals surface area (Å²) >= 11 is 1.60. The number of hydrogen-bond acceptors (Lipinski definition) is 4. The van der Waals surface area contributed by atoms with Crippen molar-refractivity contribution in [3.05, 3.63) is 50.8 Å². The van der Waals surface area contributed by atoms with Crippen molar-refractivity contribution >= 4 is 51.9 Å². The Hall–Kier alpha value is -3.10. The van der Waals surface area contributed by atoms with Gasteiger partial charge in [-0.3, -0.25) is 14.5 Å². The van der Waals surface area contributed by atoms with Crippen LogP contribution in [-0.2, 0) is 11.0 Å². The molecule has 3 N–H and O–H groups in total. The second-order valence-electron chi connectivity index (χ2n) is 7.30. The summed E-state index contributed by atoms with van der Waals surface area (Å²) in [6.07, 6.45) is -5.83. The molecule has 34 heavy (non-hydrogen) atoms. The number of methoxy groups -OCH3 is 1. The lowest BCUT2D eigenvalue weighted by atomic mass is 10.0. The van der Waals surface area contributed by atoms with E-state index in [1.54, 1.807) is 22.6 Å². The molecule has 0 spiro atoms. The minimum absolute atomic E-state index is 0.0548. The molecule has 8 nitrogen and oxygen atoms in total. The normalized spacial score (nSPS) is 15.7. The van der Waals surface area contributed by atoms with Gasteiger partial charge >= 0.3 is 12.3 Å². The third kappa shape index (κ3) is 5.51. The third-order valence-corrected chi connectivity index (χ3v) is 5.73. The van der Waals surface area contributed by atoms with Crippen LogP contribution in [0.1, 0.15) is 28.8 Å². The fourth-order valence-corrected chi connectivity index (χ4v) is 4.18. The van der Waals surface area contributed by atoms with Crippen molar-refractivity contribution in [3.8, 4) is 5.75 Å². The van der Waals surface area contributed by atoms with Crippen LogP contribution in [0.5, 0.6) is 5.75 Å². The monoisotopic (exact) mass is 595 g/mol. The van der Waals surface area contributed by atoms with Gasteiger partial charge in [-0.05, 0) is 59.7 Å². The van der Waals surface area contributed by atoms with Crippen LogP contribution >= 0.6 is 22.6 Å². The third-order valence-electron chi connectivity index (χ3n) is 5.11. The number of benzene rings is 2. The quantitative estimate of drug-likeness (QED) is 0.341. The molecule has 182 valence electrons. The first kappa shape index (κ1) is 25.5. The van der Waals surface area contributed by atoms with Crippen LogP contribution in [0.4, 0.5) is 33.7 Å². The van der Waals surface area contributed by atoms with E-state index in [1.165, 1.54) is 19.2 Å². The van der Waals surface area contributed by atoms with E-state index in [0.717, 1.165) is 23.1 Å². The van der Waals surface area contributed by atoms with Gasteiger partial charge in [0, 0.05) is 21.9 Å². The molecule has 1 atom stereocenters. The Balaban J connectivity index is 2.00.